The molecule has 1 unspecified atom stereocenters. The Morgan fingerprint density at radius 2 is 2.14 bits per heavy atom. The lowest BCUT2D eigenvalue weighted by molar-refractivity contribution is -0.135. The number of nitrogens with one attached hydrogen (secondary N) is 1. The highest BCUT2D eigenvalue weighted by Gasteiger charge is 2.31. The molecule has 1 aromatic carbocycles. The standard InChI is InChI=1S/C16H19IN4O/c1-20-7-8-21(13(11-20)16-18-10-14(17)19-16)15(22)9-12-5-3-2-4-6-12/h2-6,10,13H,7-9,11H2,1H3,(H,18,19). The molecule has 1 N–H and O–H groups in total. The predicted octanol–water partition coefficient (Wildman–Crippen LogP) is 2.07. The van der Waals surface area contributed by atoms with Crippen LogP contribution in [0.2, 0.25) is 0 Å². The number of piperazine rings is 1. The monoisotopic (exact) mass is 410 g/mol. The first-order valence-corrected chi connectivity index (χ1v) is 8.43. The number of aromatic nitrogens is 2. The minimum absolute atomic E-state index is 0.00141. The molecule has 1 saturated heterocycles. The Morgan fingerprint density at radius 1 is 1.36 bits per heavy atom. The molecule has 1 atom stereocenters. The summed E-state index contributed by atoms with van der Waals surface area (Å²) in [4.78, 5) is 24.6. The van der Waals surface area contributed by atoms with Gasteiger partial charge in [0, 0.05) is 19.6 Å². The average Bonchev–Trinajstić information content (AvgIpc) is 2.94. The van der Waals surface area contributed by atoms with Gasteiger partial charge in [-0.05, 0) is 35.2 Å². The molecule has 1 aliphatic heterocycles. The molecule has 6 heteroatoms. The third-order valence-corrected chi connectivity index (χ3v) is 4.53. The molecule has 1 amide bonds. The van der Waals surface area contributed by atoms with Crippen LogP contribution in [0.1, 0.15) is 17.4 Å². The first-order chi connectivity index (χ1) is 10.6. The minimum Gasteiger partial charge on any atom is -0.336 e. The van der Waals surface area contributed by atoms with Gasteiger partial charge in [-0.2, -0.15) is 0 Å². The fraction of sp³-hybridized carbons (Fsp3) is 0.375. The Kier molecular flexibility index (Phi) is 4.77. The number of carbonyl (C=O) groups is 1. The van der Waals surface area contributed by atoms with Crippen molar-refractivity contribution in [3.63, 3.8) is 0 Å². The van der Waals surface area contributed by atoms with Crippen LogP contribution >= 0.6 is 22.6 Å². The number of hydrogen-bond donors (Lipinski definition) is 1. The van der Waals surface area contributed by atoms with Gasteiger partial charge in [-0.3, -0.25) is 4.79 Å². The van der Waals surface area contributed by atoms with E-state index in [0.29, 0.717) is 6.42 Å². The molecule has 2 aromatic rings. The fourth-order valence-corrected chi connectivity index (χ4v) is 3.22. The van der Waals surface area contributed by atoms with Crippen LogP contribution in [-0.4, -0.2) is 52.4 Å². The van der Waals surface area contributed by atoms with E-state index in [9.17, 15) is 4.79 Å². The smallest absolute Gasteiger partial charge is 0.227 e. The maximum Gasteiger partial charge on any atom is 0.227 e. The average molecular weight is 410 g/mol. The SMILES string of the molecule is CN1CCN(C(=O)Cc2ccccc2)C(c2ncc(I)[nH]2)C1. The highest BCUT2D eigenvalue weighted by atomic mass is 127. The van der Waals surface area contributed by atoms with Crippen LogP contribution in [0.5, 0.6) is 0 Å². The summed E-state index contributed by atoms with van der Waals surface area (Å²) in [5, 5.41) is 0. The van der Waals surface area contributed by atoms with E-state index in [-0.39, 0.29) is 11.9 Å². The van der Waals surface area contributed by atoms with Crippen LogP contribution in [-0.2, 0) is 11.2 Å². The summed E-state index contributed by atoms with van der Waals surface area (Å²) in [6.45, 7) is 2.45. The number of aromatic amines is 1. The second-order valence-electron chi connectivity index (χ2n) is 5.64. The van der Waals surface area contributed by atoms with Gasteiger partial charge in [0.2, 0.25) is 5.91 Å². The van der Waals surface area contributed by atoms with Gasteiger partial charge < -0.3 is 14.8 Å². The zero-order valence-corrected chi connectivity index (χ0v) is 14.7. The molecule has 1 fully saturated rings. The van der Waals surface area contributed by atoms with Crippen molar-refractivity contribution in [1.82, 2.24) is 19.8 Å². The molecule has 2 heterocycles. The topological polar surface area (TPSA) is 52.2 Å². The minimum atomic E-state index is -0.00141. The molecule has 1 aromatic heterocycles. The molecule has 0 saturated carbocycles. The molecular weight excluding hydrogens is 391 g/mol. The number of rotatable bonds is 3. The van der Waals surface area contributed by atoms with Crippen LogP contribution in [0.3, 0.4) is 0 Å². The zero-order chi connectivity index (χ0) is 15.5. The Hall–Kier alpha value is -1.41. The van der Waals surface area contributed by atoms with Gasteiger partial charge >= 0.3 is 0 Å². The van der Waals surface area contributed by atoms with Gasteiger partial charge in [0.15, 0.2) is 0 Å². The molecule has 0 bridgehead atoms. The number of carbonyl (C=O) groups excluding carboxylic acids is 1. The molecule has 0 spiro atoms. The molecule has 22 heavy (non-hydrogen) atoms. The van der Waals surface area contributed by atoms with Gasteiger partial charge in [0.05, 0.1) is 16.3 Å². The number of H-pyrrole nitrogens is 1. The molecule has 116 valence electrons. The van der Waals surface area contributed by atoms with Crippen LogP contribution in [0.25, 0.3) is 0 Å². The highest BCUT2D eigenvalue weighted by molar-refractivity contribution is 14.1. The molecule has 3 rings (SSSR count). The van der Waals surface area contributed by atoms with Gasteiger partial charge in [-0.25, -0.2) is 4.98 Å². The third-order valence-electron chi connectivity index (χ3n) is 3.98. The Labute approximate surface area is 143 Å². The summed E-state index contributed by atoms with van der Waals surface area (Å²) in [7, 11) is 2.08. The van der Waals surface area contributed by atoms with E-state index in [1.54, 1.807) is 0 Å². The quantitative estimate of drug-likeness (QED) is 0.789. The van der Waals surface area contributed by atoms with Crippen molar-refractivity contribution in [2.75, 3.05) is 26.7 Å². The third kappa shape index (κ3) is 3.49. The Morgan fingerprint density at radius 3 is 2.82 bits per heavy atom. The number of hydrogen-bond acceptors (Lipinski definition) is 3. The van der Waals surface area contributed by atoms with Crippen molar-refractivity contribution >= 4 is 28.5 Å². The number of amides is 1. The van der Waals surface area contributed by atoms with E-state index in [1.165, 1.54) is 0 Å². The maximum atomic E-state index is 12.7. The molecule has 5 nitrogen and oxygen atoms in total. The lowest BCUT2D eigenvalue weighted by Crippen LogP contribution is -2.50. The molecule has 0 aliphatic carbocycles. The van der Waals surface area contributed by atoms with E-state index in [4.69, 9.17) is 0 Å². The summed E-state index contributed by atoms with van der Waals surface area (Å²) < 4.78 is 0.997. The van der Waals surface area contributed by atoms with E-state index < -0.39 is 0 Å². The Bertz CT molecular complexity index is 643. The summed E-state index contributed by atoms with van der Waals surface area (Å²) in [5.74, 6) is 1.04. The van der Waals surface area contributed by atoms with Gasteiger partial charge in [0.1, 0.15) is 11.9 Å². The maximum absolute atomic E-state index is 12.7. The lowest BCUT2D eigenvalue weighted by atomic mass is 10.1. The van der Waals surface area contributed by atoms with E-state index in [0.717, 1.165) is 34.7 Å². The van der Waals surface area contributed by atoms with E-state index in [2.05, 4.69) is 44.5 Å². The first-order valence-electron chi connectivity index (χ1n) is 7.36. The number of benzene rings is 1. The van der Waals surface area contributed by atoms with Crippen molar-refractivity contribution in [3.05, 3.63) is 51.6 Å². The van der Waals surface area contributed by atoms with Crippen LogP contribution < -0.4 is 0 Å². The summed E-state index contributed by atoms with van der Waals surface area (Å²) in [6, 6.07) is 9.91. The summed E-state index contributed by atoms with van der Waals surface area (Å²) >= 11 is 2.21. The lowest BCUT2D eigenvalue weighted by Gasteiger charge is -2.39. The van der Waals surface area contributed by atoms with Crippen molar-refractivity contribution in [2.45, 2.75) is 12.5 Å². The zero-order valence-electron chi connectivity index (χ0n) is 12.5. The Balaban J connectivity index is 1.78. The second kappa shape index (κ2) is 6.78. The summed E-state index contributed by atoms with van der Waals surface area (Å²) in [5.41, 5.74) is 1.05. The van der Waals surface area contributed by atoms with Crippen molar-refractivity contribution in [1.29, 1.82) is 0 Å². The first kappa shape index (κ1) is 15.5. The van der Waals surface area contributed by atoms with Crippen molar-refractivity contribution in [2.24, 2.45) is 0 Å². The van der Waals surface area contributed by atoms with Gasteiger partial charge in [-0.1, -0.05) is 30.3 Å². The van der Waals surface area contributed by atoms with Crippen LogP contribution in [0.15, 0.2) is 36.5 Å². The highest BCUT2D eigenvalue weighted by Crippen LogP contribution is 2.24. The van der Waals surface area contributed by atoms with Gasteiger partial charge in [0.25, 0.3) is 0 Å². The molecule has 0 radical (unpaired) electrons. The van der Waals surface area contributed by atoms with Crippen molar-refractivity contribution in [3.8, 4) is 0 Å². The fourth-order valence-electron chi connectivity index (χ4n) is 2.81. The second-order valence-corrected chi connectivity index (χ2v) is 6.81. The largest absolute Gasteiger partial charge is 0.336 e. The number of halogens is 1. The number of imidazole rings is 1. The normalized spacial score (nSPS) is 19.4. The number of nitrogens with zero attached hydrogens (tertiary/aromatic N) is 3. The van der Waals surface area contributed by atoms with Crippen LogP contribution in [0, 0.1) is 3.70 Å². The molecule has 1 aliphatic rings. The van der Waals surface area contributed by atoms with Gasteiger partial charge in [-0.15, -0.1) is 0 Å². The number of likely N-dealkylation sites (N-methyl/N-ethyl adjacent to an activating group) is 1. The van der Waals surface area contributed by atoms with E-state index in [1.807, 2.05) is 41.4 Å². The predicted molar refractivity (Wildman–Crippen MR) is 93.4 cm³/mol. The molecular formula is C16H19IN4O. The van der Waals surface area contributed by atoms with Crippen LogP contribution in [0.4, 0.5) is 0 Å². The van der Waals surface area contributed by atoms with E-state index >= 15 is 0 Å². The van der Waals surface area contributed by atoms with Crippen molar-refractivity contribution < 1.29 is 4.79 Å². The summed E-state index contributed by atoms with van der Waals surface area (Å²) in [6.07, 6.45) is 2.25.